The number of hydrogen-bond donors (Lipinski definition) is 2. The quantitative estimate of drug-likeness (QED) is 0.905. The summed E-state index contributed by atoms with van der Waals surface area (Å²) in [6.07, 6.45) is 1.53. The van der Waals surface area contributed by atoms with Crippen LogP contribution in [0.5, 0.6) is 5.88 Å². The standard InChI is InChI=1S/C17H17FN4O2/c1-10-7-15(23)21-22-17(10)11-3-5-12(6-4-11)20-14-8-16(24-2)19-9-13(14)18/h3-6,8-10H,7H2,1-2H3,(H,19,20)(H,21,23)/t10-/m1/s1. The van der Waals surface area contributed by atoms with Gasteiger partial charge < -0.3 is 10.1 Å². The summed E-state index contributed by atoms with van der Waals surface area (Å²) >= 11 is 0. The molecule has 0 saturated heterocycles. The van der Waals surface area contributed by atoms with Gasteiger partial charge in [-0.05, 0) is 17.7 Å². The Kier molecular flexibility index (Phi) is 4.41. The summed E-state index contributed by atoms with van der Waals surface area (Å²) in [6.45, 7) is 1.96. The Hall–Kier alpha value is -2.96. The Labute approximate surface area is 138 Å². The van der Waals surface area contributed by atoms with E-state index < -0.39 is 5.82 Å². The third-order valence-corrected chi connectivity index (χ3v) is 3.76. The van der Waals surface area contributed by atoms with Crippen molar-refractivity contribution in [1.82, 2.24) is 10.4 Å². The molecular weight excluding hydrogens is 311 g/mol. The van der Waals surface area contributed by atoms with Gasteiger partial charge in [0.25, 0.3) is 0 Å². The van der Waals surface area contributed by atoms with Gasteiger partial charge >= 0.3 is 0 Å². The maximum atomic E-state index is 13.8. The van der Waals surface area contributed by atoms with Gasteiger partial charge in [0.1, 0.15) is 0 Å². The minimum atomic E-state index is -0.465. The second kappa shape index (κ2) is 6.66. The monoisotopic (exact) mass is 328 g/mol. The summed E-state index contributed by atoms with van der Waals surface area (Å²) in [4.78, 5) is 15.1. The summed E-state index contributed by atoms with van der Waals surface area (Å²) in [5, 5.41) is 7.11. The van der Waals surface area contributed by atoms with Gasteiger partial charge in [0.05, 0.1) is 24.7 Å². The normalized spacial score (nSPS) is 17.0. The molecule has 7 heteroatoms. The molecule has 0 fully saturated rings. The predicted molar refractivity (Wildman–Crippen MR) is 88.9 cm³/mol. The van der Waals surface area contributed by atoms with Gasteiger partial charge in [0.2, 0.25) is 11.8 Å². The number of anilines is 2. The second-order valence-electron chi connectivity index (χ2n) is 5.55. The molecule has 0 bridgehead atoms. The van der Waals surface area contributed by atoms with Gasteiger partial charge in [-0.1, -0.05) is 19.1 Å². The van der Waals surface area contributed by atoms with E-state index in [1.165, 1.54) is 13.2 Å². The van der Waals surface area contributed by atoms with Crippen LogP contribution in [0.1, 0.15) is 18.9 Å². The largest absolute Gasteiger partial charge is 0.481 e. The molecule has 0 saturated carbocycles. The van der Waals surface area contributed by atoms with Crippen molar-refractivity contribution < 1.29 is 13.9 Å². The maximum Gasteiger partial charge on any atom is 0.240 e. The van der Waals surface area contributed by atoms with E-state index >= 15 is 0 Å². The molecule has 2 N–H and O–H groups in total. The van der Waals surface area contributed by atoms with Gasteiger partial charge in [0, 0.05) is 24.1 Å². The molecule has 0 spiro atoms. The lowest BCUT2D eigenvalue weighted by Gasteiger charge is -2.19. The number of methoxy groups -OCH3 is 1. The molecular formula is C17H17FN4O2. The van der Waals surface area contributed by atoms with E-state index in [1.807, 2.05) is 31.2 Å². The average Bonchev–Trinajstić information content (AvgIpc) is 2.58. The molecule has 0 unspecified atom stereocenters. The minimum Gasteiger partial charge on any atom is -0.481 e. The van der Waals surface area contributed by atoms with Crippen molar-refractivity contribution in [1.29, 1.82) is 0 Å². The molecule has 124 valence electrons. The topological polar surface area (TPSA) is 75.6 Å². The number of amides is 1. The number of nitrogens with zero attached hydrogens (tertiary/aromatic N) is 2. The highest BCUT2D eigenvalue weighted by molar-refractivity contribution is 6.05. The maximum absolute atomic E-state index is 13.8. The molecule has 1 aliphatic rings. The Morgan fingerprint density at radius 1 is 1.33 bits per heavy atom. The predicted octanol–water partition coefficient (Wildman–Crippen LogP) is 2.83. The van der Waals surface area contributed by atoms with Gasteiger partial charge in [-0.3, -0.25) is 4.79 Å². The van der Waals surface area contributed by atoms with Gasteiger partial charge in [-0.25, -0.2) is 14.8 Å². The summed E-state index contributed by atoms with van der Waals surface area (Å²) in [5.41, 5.74) is 5.25. The molecule has 1 aromatic carbocycles. The highest BCUT2D eigenvalue weighted by atomic mass is 19.1. The zero-order chi connectivity index (χ0) is 17.1. The number of benzene rings is 1. The summed E-state index contributed by atoms with van der Waals surface area (Å²) in [6, 6.07) is 8.91. The molecule has 1 aliphatic heterocycles. The third kappa shape index (κ3) is 3.34. The number of ether oxygens (including phenoxy) is 1. The number of aromatic nitrogens is 1. The van der Waals surface area contributed by atoms with Crippen LogP contribution in [0.2, 0.25) is 0 Å². The van der Waals surface area contributed by atoms with Crippen LogP contribution in [0.25, 0.3) is 0 Å². The van der Waals surface area contributed by atoms with Crippen LogP contribution in [-0.2, 0) is 4.79 Å². The third-order valence-electron chi connectivity index (χ3n) is 3.76. The fourth-order valence-corrected chi connectivity index (χ4v) is 2.51. The Morgan fingerprint density at radius 3 is 2.75 bits per heavy atom. The molecule has 0 radical (unpaired) electrons. The molecule has 1 amide bonds. The Bertz CT molecular complexity index is 790. The lowest BCUT2D eigenvalue weighted by Crippen LogP contribution is -2.31. The first-order valence-electron chi connectivity index (χ1n) is 7.50. The molecule has 2 heterocycles. The van der Waals surface area contributed by atoms with Crippen LogP contribution in [0, 0.1) is 11.7 Å². The fourth-order valence-electron chi connectivity index (χ4n) is 2.51. The molecule has 1 atom stereocenters. The van der Waals surface area contributed by atoms with E-state index in [2.05, 4.69) is 20.8 Å². The minimum absolute atomic E-state index is 0.0551. The number of pyridine rings is 1. The van der Waals surface area contributed by atoms with Crippen molar-refractivity contribution in [3.63, 3.8) is 0 Å². The van der Waals surface area contributed by atoms with Crippen molar-refractivity contribution in [2.45, 2.75) is 13.3 Å². The first kappa shape index (κ1) is 15.9. The first-order valence-corrected chi connectivity index (χ1v) is 7.50. The van der Waals surface area contributed by atoms with Gasteiger partial charge in [-0.2, -0.15) is 5.10 Å². The fraction of sp³-hybridized carbons (Fsp3) is 0.235. The number of halogens is 1. The van der Waals surface area contributed by atoms with E-state index in [-0.39, 0.29) is 17.5 Å². The summed E-state index contributed by atoms with van der Waals surface area (Å²) in [5.74, 6) is -0.157. The van der Waals surface area contributed by atoms with Crippen LogP contribution in [0.4, 0.5) is 15.8 Å². The van der Waals surface area contributed by atoms with Crippen LogP contribution in [-0.4, -0.2) is 23.7 Å². The number of carbonyl (C=O) groups excluding carboxylic acids is 1. The van der Waals surface area contributed by atoms with Crippen LogP contribution < -0.4 is 15.5 Å². The zero-order valence-electron chi connectivity index (χ0n) is 13.3. The molecule has 0 aliphatic carbocycles. The number of carbonyl (C=O) groups is 1. The number of hydrogen-bond acceptors (Lipinski definition) is 5. The average molecular weight is 328 g/mol. The smallest absolute Gasteiger partial charge is 0.240 e. The Balaban J connectivity index is 1.79. The van der Waals surface area contributed by atoms with Gasteiger partial charge in [0.15, 0.2) is 5.82 Å². The molecule has 1 aromatic heterocycles. The van der Waals surface area contributed by atoms with E-state index in [0.717, 1.165) is 23.2 Å². The molecule has 3 rings (SSSR count). The van der Waals surface area contributed by atoms with E-state index in [1.54, 1.807) is 0 Å². The summed E-state index contributed by atoms with van der Waals surface area (Å²) in [7, 11) is 1.48. The van der Waals surface area contributed by atoms with E-state index in [0.29, 0.717) is 12.3 Å². The number of hydrazone groups is 1. The number of nitrogens with one attached hydrogen (secondary N) is 2. The van der Waals surface area contributed by atoms with Crippen molar-refractivity contribution >= 4 is 23.0 Å². The van der Waals surface area contributed by atoms with Crippen molar-refractivity contribution in [2.24, 2.45) is 11.0 Å². The van der Waals surface area contributed by atoms with Crippen LogP contribution >= 0.6 is 0 Å². The SMILES string of the molecule is COc1cc(Nc2ccc(C3=NNC(=O)C[C@H]3C)cc2)c(F)cn1. The lowest BCUT2D eigenvalue weighted by molar-refractivity contribution is -0.121. The van der Waals surface area contributed by atoms with Gasteiger partial charge in [-0.15, -0.1) is 0 Å². The van der Waals surface area contributed by atoms with Crippen LogP contribution in [0.3, 0.4) is 0 Å². The highest BCUT2D eigenvalue weighted by Crippen LogP contribution is 2.24. The van der Waals surface area contributed by atoms with Crippen molar-refractivity contribution in [2.75, 3.05) is 12.4 Å². The second-order valence-corrected chi connectivity index (χ2v) is 5.55. The number of rotatable bonds is 4. The molecule has 24 heavy (non-hydrogen) atoms. The zero-order valence-corrected chi connectivity index (χ0v) is 13.3. The Morgan fingerprint density at radius 2 is 2.08 bits per heavy atom. The molecule has 2 aromatic rings. The highest BCUT2D eigenvalue weighted by Gasteiger charge is 2.21. The molecule has 6 nitrogen and oxygen atoms in total. The lowest BCUT2D eigenvalue weighted by atomic mass is 9.94. The summed E-state index contributed by atoms with van der Waals surface area (Å²) < 4.78 is 18.8. The van der Waals surface area contributed by atoms with Crippen LogP contribution in [0.15, 0.2) is 41.6 Å². The van der Waals surface area contributed by atoms with Crippen molar-refractivity contribution in [3.8, 4) is 5.88 Å². The van der Waals surface area contributed by atoms with Crippen molar-refractivity contribution in [3.05, 3.63) is 47.9 Å². The van der Waals surface area contributed by atoms with E-state index in [4.69, 9.17) is 4.74 Å². The van der Waals surface area contributed by atoms with E-state index in [9.17, 15) is 9.18 Å². The first-order chi connectivity index (χ1) is 11.6.